The molecule has 1 aliphatic rings. The average molecular weight is 413 g/mol. The third kappa shape index (κ3) is 5.17. The zero-order valence-corrected chi connectivity index (χ0v) is 17.2. The molecule has 152 valence electrons. The van der Waals surface area contributed by atoms with Gasteiger partial charge in [0.15, 0.2) is 0 Å². The van der Waals surface area contributed by atoms with Crippen LogP contribution in [0.2, 0.25) is 0 Å². The van der Waals surface area contributed by atoms with Gasteiger partial charge in [0.1, 0.15) is 0 Å². The van der Waals surface area contributed by atoms with Gasteiger partial charge < -0.3 is 15.3 Å². The van der Waals surface area contributed by atoms with Gasteiger partial charge in [0.05, 0.1) is 11.7 Å². The fourth-order valence-corrected chi connectivity index (χ4v) is 4.33. The van der Waals surface area contributed by atoms with Gasteiger partial charge in [0.25, 0.3) is 0 Å². The van der Waals surface area contributed by atoms with Gasteiger partial charge in [-0.3, -0.25) is 14.4 Å². The zero-order chi connectivity index (χ0) is 21.0. The summed E-state index contributed by atoms with van der Waals surface area (Å²) in [7, 11) is 0. The van der Waals surface area contributed by atoms with Gasteiger partial charge in [0.2, 0.25) is 11.8 Å². The Balaban J connectivity index is 1.59. The summed E-state index contributed by atoms with van der Waals surface area (Å²) in [6, 6.07) is 15.4. The number of rotatable bonds is 7. The van der Waals surface area contributed by atoms with Crippen LogP contribution in [0.3, 0.4) is 0 Å². The molecule has 29 heavy (non-hydrogen) atoms. The van der Waals surface area contributed by atoms with E-state index in [0.29, 0.717) is 5.69 Å². The van der Waals surface area contributed by atoms with Crippen LogP contribution in [0.15, 0.2) is 53.4 Å². The Morgan fingerprint density at radius 1 is 1.14 bits per heavy atom. The molecular weight excluding hydrogens is 388 g/mol. The number of nitrogens with zero attached hydrogens (tertiary/aromatic N) is 1. The van der Waals surface area contributed by atoms with Crippen molar-refractivity contribution in [2.24, 2.45) is 0 Å². The van der Waals surface area contributed by atoms with Crippen molar-refractivity contribution in [1.82, 2.24) is 0 Å². The Kier molecular flexibility index (Phi) is 6.59. The number of para-hydroxylation sites is 1. The highest BCUT2D eigenvalue weighted by molar-refractivity contribution is 8.00. The van der Waals surface area contributed by atoms with Crippen molar-refractivity contribution in [3.8, 4) is 0 Å². The molecule has 0 aliphatic carbocycles. The number of aliphatic carboxylic acids is 1. The molecule has 1 heterocycles. The number of carbonyl (C=O) groups is 3. The van der Waals surface area contributed by atoms with Crippen molar-refractivity contribution in [2.75, 3.05) is 10.2 Å². The first kappa shape index (κ1) is 20.9. The van der Waals surface area contributed by atoms with Crippen molar-refractivity contribution in [2.45, 2.75) is 49.3 Å². The van der Waals surface area contributed by atoms with Gasteiger partial charge >= 0.3 is 5.97 Å². The van der Waals surface area contributed by atoms with Gasteiger partial charge in [-0.15, -0.1) is 11.8 Å². The van der Waals surface area contributed by atoms with E-state index in [1.54, 1.807) is 12.1 Å². The van der Waals surface area contributed by atoms with Crippen LogP contribution in [0.5, 0.6) is 0 Å². The van der Waals surface area contributed by atoms with E-state index >= 15 is 0 Å². The van der Waals surface area contributed by atoms with E-state index in [0.717, 1.165) is 17.0 Å². The lowest BCUT2D eigenvalue weighted by Gasteiger charge is -2.26. The van der Waals surface area contributed by atoms with Crippen molar-refractivity contribution in [3.05, 3.63) is 54.1 Å². The summed E-state index contributed by atoms with van der Waals surface area (Å²) < 4.78 is 0. The second kappa shape index (κ2) is 9.13. The summed E-state index contributed by atoms with van der Waals surface area (Å²) >= 11 is 1.48. The van der Waals surface area contributed by atoms with E-state index in [4.69, 9.17) is 5.11 Å². The number of hydrogen-bond acceptors (Lipinski definition) is 4. The summed E-state index contributed by atoms with van der Waals surface area (Å²) in [4.78, 5) is 38.1. The highest BCUT2D eigenvalue weighted by Crippen LogP contribution is 2.35. The molecule has 2 amide bonds. The standard InChI is InChI=1S/C22H24N2O4S/c1-14-13-16-5-3-4-6-19(16)24(14)22(28)15(2)29-18-9-7-17(8-10-18)23-20(25)11-12-21(26)27/h3-10,14-15H,11-13H2,1-2H3,(H,23,25)(H,26,27). The molecule has 0 saturated carbocycles. The third-order valence-corrected chi connectivity index (χ3v) is 5.91. The molecule has 6 nitrogen and oxygen atoms in total. The Morgan fingerprint density at radius 3 is 2.52 bits per heavy atom. The van der Waals surface area contributed by atoms with Crippen LogP contribution >= 0.6 is 11.8 Å². The molecule has 2 N–H and O–H groups in total. The number of carboxylic acid groups (broad SMARTS) is 1. The summed E-state index contributed by atoms with van der Waals surface area (Å²) in [5.74, 6) is -1.25. The highest BCUT2D eigenvalue weighted by Gasteiger charge is 2.33. The van der Waals surface area contributed by atoms with E-state index < -0.39 is 5.97 Å². The topological polar surface area (TPSA) is 86.7 Å². The number of amides is 2. The van der Waals surface area contributed by atoms with Crippen molar-refractivity contribution >= 4 is 40.9 Å². The first-order valence-electron chi connectivity index (χ1n) is 9.54. The SMILES string of the molecule is CC(Sc1ccc(NC(=O)CCC(=O)O)cc1)C(=O)N1c2ccccc2CC1C. The summed E-state index contributed by atoms with van der Waals surface area (Å²) in [5.41, 5.74) is 2.80. The first-order valence-corrected chi connectivity index (χ1v) is 10.4. The lowest BCUT2D eigenvalue weighted by atomic mass is 10.1. The van der Waals surface area contributed by atoms with Gasteiger partial charge in [-0.25, -0.2) is 0 Å². The van der Waals surface area contributed by atoms with Gasteiger partial charge in [0, 0.05) is 28.7 Å². The normalized spacial score (nSPS) is 16.2. The molecule has 3 rings (SSSR count). The Bertz CT molecular complexity index is 913. The van der Waals surface area contributed by atoms with Crippen LogP contribution in [-0.2, 0) is 20.8 Å². The number of anilines is 2. The second-order valence-corrected chi connectivity index (χ2v) is 8.53. The predicted octanol–water partition coefficient (Wildman–Crippen LogP) is 3.95. The van der Waals surface area contributed by atoms with Gasteiger partial charge in [-0.1, -0.05) is 18.2 Å². The maximum absolute atomic E-state index is 13.1. The minimum atomic E-state index is -1.000. The van der Waals surface area contributed by atoms with E-state index in [1.807, 2.05) is 42.2 Å². The summed E-state index contributed by atoms with van der Waals surface area (Å²) in [6.45, 7) is 3.97. The van der Waals surface area contributed by atoms with Crippen LogP contribution in [-0.4, -0.2) is 34.2 Å². The smallest absolute Gasteiger partial charge is 0.303 e. The van der Waals surface area contributed by atoms with Crippen molar-refractivity contribution < 1.29 is 19.5 Å². The van der Waals surface area contributed by atoms with Gasteiger partial charge in [-0.2, -0.15) is 0 Å². The Morgan fingerprint density at radius 2 is 1.83 bits per heavy atom. The maximum atomic E-state index is 13.1. The van der Waals surface area contributed by atoms with E-state index in [9.17, 15) is 14.4 Å². The first-order chi connectivity index (χ1) is 13.8. The van der Waals surface area contributed by atoms with E-state index in [1.165, 1.54) is 17.3 Å². The van der Waals surface area contributed by atoms with Gasteiger partial charge in [-0.05, 0) is 56.2 Å². The fraction of sp³-hybridized carbons (Fsp3) is 0.318. The third-order valence-electron chi connectivity index (χ3n) is 4.81. The molecule has 2 atom stereocenters. The van der Waals surface area contributed by atoms with Crippen LogP contribution < -0.4 is 10.2 Å². The molecule has 0 aromatic heterocycles. The monoisotopic (exact) mass is 412 g/mol. The summed E-state index contributed by atoms with van der Waals surface area (Å²) in [5, 5.41) is 11.1. The zero-order valence-electron chi connectivity index (χ0n) is 16.4. The van der Waals surface area contributed by atoms with E-state index in [2.05, 4.69) is 18.3 Å². The fourth-order valence-electron chi connectivity index (χ4n) is 3.41. The predicted molar refractivity (Wildman–Crippen MR) is 114 cm³/mol. The molecule has 2 aromatic carbocycles. The van der Waals surface area contributed by atoms with Crippen LogP contribution in [0.1, 0.15) is 32.3 Å². The molecular formula is C22H24N2O4S. The van der Waals surface area contributed by atoms with Crippen LogP contribution in [0, 0.1) is 0 Å². The molecule has 2 aromatic rings. The molecule has 0 radical (unpaired) electrons. The summed E-state index contributed by atoms with van der Waals surface area (Å²) in [6.07, 6.45) is 0.611. The Hall–Kier alpha value is -2.80. The number of benzene rings is 2. The molecule has 1 aliphatic heterocycles. The lowest BCUT2D eigenvalue weighted by molar-refractivity contribution is -0.138. The lowest BCUT2D eigenvalue weighted by Crippen LogP contribution is -2.40. The van der Waals surface area contributed by atoms with Crippen molar-refractivity contribution in [1.29, 1.82) is 0 Å². The maximum Gasteiger partial charge on any atom is 0.303 e. The average Bonchev–Trinajstić information content (AvgIpc) is 3.03. The number of fused-ring (bicyclic) bond motifs is 1. The molecule has 7 heteroatoms. The van der Waals surface area contributed by atoms with Crippen molar-refractivity contribution in [3.63, 3.8) is 0 Å². The number of carboxylic acids is 1. The largest absolute Gasteiger partial charge is 0.481 e. The Labute approximate surface area is 174 Å². The highest BCUT2D eigenvalue weighted by atomic mass is 32.2. The number of thioether (sulfide) groups is 1. The van der Waals surface area contributed by atoms with E-state index in [-0.39, 0.29) is 35.9 Å². The molecule has 2 unspecified atom stereocenters. The molecule has 0 bridgehead atoms. The van der Waals surface area contributed by atoms with Crippen LogP contribution in [0.25, 0.3) is 0 Å². The molecule has 0 fully saturated rings. The second-order valence-electron chi connectivity index (χ2n) is 7.12. The molecule has 0 spiro atoms. The number of hydrogen-bond donors (Lipinski definition) is 2. The number of nitrogens with one attached hydrogen (secondary N) is 1. The minimum Gasteiger partial charge on any atom is -0.481 e. The van der Waals surface area contributed by atoms with Crippen LogP contribution in [0.4, 0.5) is 11.4 Å². The quantitative estimate of drug-likeness (QED) is 0.673. The molecule has 0 saturated heterocycles. The minimum absolute atomic E-state index is 0.0626. The number of carbonyl (C=O) groups excluding carboxylic acids is 2.